The highest BCUT2D eigenvalue weighted by Gasteiger charge is 2.46. The molecule has 8 heteroatoms. The monoisotopic (exact) mass is 437 g/mol. The first-order chi connectivity index (χ1) is 15.0. The number of piperazine rings is 1. The fourth-order valence-electron chi connectivity index (χ4n) is 6.51. The van der Waals surface area contributed by atoms with Crippen molar-refractivity contribution < 1.29 is 14.0 Å². The van der Waals surface area contributed by atoms with Gasteiger partial charge < -0.3 is 20.9 Å². The number of halogens is 1. The highest BCUT2D eigenvalue weighted by Crippen LogP contribution is 2.38. The Balaban J connectivity index is 1.30. The highest BCUT2D eigenvalue weighted by atomic mass is 19.1. The van der Waals surface area contributed by atoms with Gasteiger partial charge in [0.15, 0.2) is 0 Å². The van der Waals surface area contributed by atoms with Crippen LogP contribution in [0.5, 0.6) is 0 Å². The number of amides is 2. The van der Waals surface area contributed by atoms with E-state index >= 15 is 0 Å². The van der Waals surface area contributed by atoms with E-state index in [1.54, 1.807) is 0 Å². The maximum atomic E-state index is 14.4. The van der Waals surface area contributed by atoms with Gasteiger partial charge in [0.25, 0.3) is 0 Å². The first-order valence-electron chi connectivity index (χ1n) is 12.3. The maximum Gasteiger partial charge on any atom is 0.237 e. The van der Waals surface area contributed by atoms with E-state index in [9.17, 15) is 14.0 Å². The Kier molecular flexibility index (Phi) is 7.49. The summed E-state index contributed by atoms with van der Waals surface area (Å²) in [5.41, 5.74) is 0. The van der Waals surface area contributed by atoms with Crippen molar-refractivity contribution >= 4 is 12.3 Å². The van der Waals surface area contributed by atoms with Gasteiger partial charge in [-0.2, -0.15) is 0 Å². The fourth-order valence-corrected chi connectivity index (χ4v) is 6.51. The number of fused-ring (bicyclic) bond motifs is 1. The van der Waals surface area contributed by atoms with E-state index in [2.05, 4.69) is 27.8 Å². The lowest BCUT2D eigenvalue weighted by Crippen LogP contribution is -2.59. The molecule has 2 heterocycles. The van der Waals surface area contributed by atoms with Crippen LogP contribution in [0.2, 0.25) is 0 Å². The minimum atomic E-state index is -0.777. The average Bonchev–Trinajstić information content (AvgIpc) is 3.24. The van der Waals surface area contributed by atoms with E-state index in [1.807, 2.05) is 11.9 Å². The molecule has 176 valence electrons. The summed E-state index contributed by atoms with van der Waals surface area (Å²) in [6.45, 7) is 5.52. The van der Waals surface area contributed by atoms with E-state index in [1.165, 1.54) is 0 Å². The van der Waals surface area contributed by atoms with Crippen LogP contribution in [-0.2, 0) is 9.59 Å². The molecule has 3 N–H and O–H groups in total. The summed E-state index contributed by atoms with van der Waals surface area (Å²) >= 11 is 0. The Morgan fingerprint density at radius 3 is 2.77 bits per heavy atom. The van der Waals surface area contributed by atoms with Crippen LogP contribution in [0.15, 0.2) is 0 Å². The molecular formula is C23H40FN5O2. The predicted molar refractivity (Wildman–Crippen MR) is 118 cm³/mol. The molecule has 0 spiro atoms. The van der Waals surface area contributed by atoms with Gasteiger partial charge in [0.05, 0.1) is 12.1 Å². The molecule has 2 aliphatic carbocycles. The number of likely N-dealkylation sites (N-methyl/N-ethyl adjacent to an activating group) is 1. The molecule has 2 aliphatic heterocycles. The molecule has 7 nitrogen and oxygen atoms in total. The topological polar surface area (TPSA) is 76.7 Å². The smallest absolute Gasteiger partial charge is 0.237 e. The van der Waals surface area contributed by atoms with Gasteiger partial charge in [-0.15, -0.1) is 0 Å². The summed E-state index contributed by atoms with van der Waals surface area (Å²) in [4.78, 5) is 28.8. The van der Waals surface area contributed by atoms with Crippen molar-refractivity contribution in [1.82, 2.24) is 25.8 Å². The lowest BCUT2D eigenvalue weighted by atomic mass is 9.77. The van der Waals surface area contributed by atoms with Crippen molar-refractivity contribution in [3.8, 4) is 0 Å². The quantitative estimate of drug-likeness (QED) is 0.538. The van der Waals surface area contributed by atoms with Crippen molar-refractivity contribution in [1.29, 1.82) is 0 Å². The first-order valence-corrected chi connectivity index (χ1v) is 12.3. The third kappa shape index (κ3) is 5.06. The molecule has 4 aliphatic rings. The number of alkyl halides is 1. The van der Waals surface area contributed by atoms with E-state index in [0.29, 0.717) is 24.8 Å². The van der Waals surface area contributed by atoms with Crippen molar-refractivity contribution in [2.24, 2.45) is 11.8 Å². The largest absolute Gasteiger partial charge is 0.352 e. The molecule has 2 saturated carbocycles. The zero-order chi connectivity index (χ0) is 22.0. The molecule has 0 aromatic heterocycles. The van der Waals surface area contributed by atoms with E-state index in [0.717, 1.165) is 64.7 Å². The molecular weight excluding hydrogens is 397 g/mol. The van der Waals surface area contributed by atoms with Gasteiger partial charge in [-0.25, -0.2) is 4.39 Å². The molecule has 5 unspecified atom stereocenters. The zero-order valence-electron chi connectivity index (χ0n) is 19.1. The Labute approximate surface area is 185 Å². The molecule has 2 saturated heterocycles. The van der Waals surface area contributed by atoms with Crippen LogP contribution in [0.25, 0.3) is 0 Å². The molecule has 0 aromatic carbocycles. The van der Waals surface area contributed by atoms with Crippen LogP contribution in [0.3, 0.4) is 0 Å². The number of hydrogen-bond donors (Lipinski definition) is 3. The molecule has 0 bridgehead atoms. The second-order valence-corrected chi connectivity index (χ2v) is 10.3. The summed E-state index contributed by atoms with van der Waals surface area (Å²) in [5.74, 6) is 0.472. The first kappa shape index (κ1) is 22.9. The number of carbonyl (C=O) groups excluding carboxylic acids is 2. The zero-order valence-corrected chi connectivity index (χ0v) is 19.1. The van der Waals surface area contributed by atoms with E-state index in [-0.39, 0.29) is 36.0 Å². The summed E-state index contributed by atoms with van der Waals surface area (Å²) < 4.78 is 14.4. The van der Waals surface area contributed by atoms with Crippen LogP contribution in [0.1, 0.15) is 51.9 Å². The van der Waals surface area contributed by atoms with Crippen molar-refractivity contribution in [3.05, 3.63) is 0 Å². The molecule has 4 fully saturated rings. The summed E-state index contributed by atoms with van der Waals surface area (Å²) in [5, 5.41) is 9.96. The molecule has 0 radical (unpaired) electrons. The minimum Gasteiger partial charge on any atom is -0.352 e. The van der Waals surface area contributed by atoms with E-state index < -0.39 is 6.17 Å². The SMILES string of the molecule is CNC[C@H]1CN([C@@H]2CCC[C@@H](NC(=O)C3CC4C(F)CCC(C)C4N3)C2)CCN1C=O. The van der Waals surface area contributed by atoms with Crippen LogP contribution < -0.4 is 16.0 Å². The lowest BCUT2D eigenvalue weighted by Gasteiger charge is -2.45. The average molecular weight is 438 g/mol. The van der Waals surface area contributed by atoms with Crippen molar-refractivity contribution in [2.45, 2.75) is 88.3 Å². The maximum absolute atomic E-state index is 14.4. The van der Waals surface area contributed by atoms with Crippen LogP contribution in [-0.4, -0.2) is 91.7 Å². The standard InChI is InChI=1S/C23H40FN5O2/c1-15-6-7-20(24)19-11-21(27-22(15)19)23(31)26-16-4-3-5-17(10-16)28-8-9-29(14-30)18(13-28)12-25-2/h14-22,25,27H,3-13H2,1-2H3,(H,26,31)/t15?,16-,17-,18+,19?,20?,21?,22?/m1/s1. The van der Waals surface area contributed by atoms with Gasteiger partial charge in [-0.05, 0) is 57.9 Å². The number of nitrogens with zero attached hydrogens (tertiary/aromatic N) is 2. The fraction of sp³-hybridized carbons (Fsp3) is 0.913. The summed E-state index contributed by atoms with van der Waals surface area (Å²) in [6, 6.07) is 0.706. The van der Waals surface area contributed by atoms with Crippen LogP contribution in [0, 0.1) is 11.8 Å². The minimum absolute atomic E-state index is 0.0168. The Bertz CT molecular complexity index is 619. The third-order valence-corrected chi connectivity index (χ3v) is 8.30. The highest BCUT2D eigenvalue weighted by molar-refractivity contribution is 5.82. The van der Waals surface area contributed by atoms with Crippen LogP contribution in [0.4, 0.5) is 4.39 Å². The second-order valence-electron chi connectivity index (χ2n) is 10.3. The van der Waals surface area contributed by atoms with Crippen molar-refractivity contribution in [2.75, 3.05) is 33.2 Å². The molecule has 4 rings (SSSR count). The number of nitrogens with one attached hydrogen (secondary N) is 3. The molecule has 2 amide bonds. The number of hydrogen-bond acceptors (Lipinski definition) is 5. The van der Waals surface area contributed by atoms with Gasteiger partial charge in [0, 0.05) is 50.2 Å². The summed E-state index contributed by atoms with van der Waals surface area (Å²) in [6.07, 6.45) is 6.57. The lowest BCUT2D eigenvalue weighted by molar-refractivity contribution is -0.125. The number of rotatable bonds is 6. The molecule has 8 atom stereocenters. The van der Waals surface area contributed by atoms with Gasteiger partial charge >= 0.3 is 0 Å². The van der Waals surface area contributed by atoms with Crippen molar-refractivity contribution in [3.63, 3.8) is 0 Å². The van der Waals surface area contributed by atoms with Gasteiger partial charge in [0.2, 0.25) is 12.3 Å². The third-order valence-electron chi connectivity index (χ3n) is 8.30. The van der Waals surface area contributed by atoms with E-state index in [4.69, 9.17) is 0 Å². The van der Waals surface area contributed by atoms with Gasteiger partial charge in [-0.3, -0.25) is 14.5 Å². The Hall–Kier alpha value is -1.25. The van der Waals surface area contributed by atoms with Gasteiger partial charge in [-0.1, -0.05) is 6.92 Å². The normalized spacial score (nSPS) is 41.6. The summed E-state index contributed by atoms with van der Waals surface area (Å²) in [7, 11) is 1.92. The Morgan fingerprint density at radius 2 is 2.03 bits per heavy atom. The Morgan fingerprint density at radius 1 is 1.19 bits per heavy atom. The predicted octanol–water partition coefficient (Wildman–Crippen LogP) is 0.891. The van der Waals surface area contributed by atoms with Gasteiger partial charge in [0.1, 0.15) is 6.17 Å². The second kappa shape index (κ2) is 10.1. The number of carbonyl (C=O) groups is 2. The molecule has 0 aromatic rings. The molecule has 31 heavy (non-hydrogen) atoms. The van der Waals surface area contributed by atoms with Crippen LogP contribution >= 0.6 is 0 Å².